The zero-order chi connectivity index (χ0) is 13.0. The number of azide groups is 1. The van der Waals surface area contributed by atoms with E-state index in [4.69, 9.17) is 5.53 Å². The van der Waals surface area contributed by atoms with E-state index in [1.165, 1.54) is 18.4 Å². The fourth-order valence-electron chi connectivity index (χ4n) is 2.05. The van der Waals surface area contributed by atoms with Crippen molar-refractivity contribution in [1.29, 1.82) is 0 Å². The van der Waals surface area contributed by atoms with E-state index in [1.54, 1.807) is 0 Å². The first-order valence-corrected chi connectivity index (χ1v) is 6.20. The van der Waals surface area contributed by atoms with E-state index in [9.17, 15) is 0 Å². The topological polar surface area (TPSA) is 61.7 Å². The molecule has 4 nitrogen and oxygen atoms in total. The van der Waals surface area contributed by atoms with Gasteiger partial charge in [0.2, 0.25) is 0 Å². The molecule has 0 fully saturated rings. The van der Waals surface area contributed by atoms with E-state index >= 15 is 0 Å². The molecule has 0 unspecified atom stereocenters. The highest BCUT2D eigenvalue weighted by Gasteiger charge is 2.04. The molecule has 1 aromatic carbocycles. The number of rotatable bonds is 4. The lowest BCUT2D eigenvalue weighted by molar-refractivity contribution is 0.796. The summed E-state index contributed by atoms with van der Waals surface area (Å²) in [6.07, 6.45) is 3.39. The van der Waals surface area contributed by atoms with Crippen LogP contribution in [0.3, 0.4) is 0 Å². The number of nitrogens with zero attached hydrogens (tertiary/aromatic N) is 4. The van der Waals surface area contributed by atoms with Crippen LogP contribution in [-0.4, -0.2) is 4.98 Å². The molecule has 0 radical (unpaired) electrons. The molecule has 2 aromatic rings. The maximum absolute atomic E-state index is 8.62. The fourth-order valence-corrected chi connectivity index (χ4v) is 2.05. The average molecular weight is 240 g/mol. The van der Waals surface area contributed by atoms with Crippen molar-refractivity contribution < 1.29 is 0 Å². The maximum Gasteiger partial charge on any atom is 0.0710 e. The molecule has 2 rings (SSSR count). The minimum atomic E-state index is 0.665. The highest BCUT2D eigenvalue weighted by Crippen LogP contribution is 2.27. The molecule has 1 aromatic heterocycles. The highest BCUT2D eigenvalue weighted by molar-refractivity contribution is 5.90. The third-order valence-electron chi connectivity index (χ3n) is 2.95. The molecule has 92 valence electrons. The van der Waals surface area contributed by atoms with E-state index in [0.29, 0.717) is 5.69 Å². The summed E-state index contributed by atoms with van der Waals surface area (Å²) in [6, 6.07) is 8.02. The van der Waals surface area contributed by atoms with Gasteiger partial charge in [-0.25, -0.2) is 0 Å². The third kappa shape index (κ3) is 2.60. The molecule has 0 aliphatic rings. The van der Waals surface area contributed by atoms with Crippen molar-refractivity contribution in [2.45, 2.75) is 33.1 Å². The van der Waals surface area contributed by atoms with Gasteiger partial charge in [-0.15, -0.1) is 0 Å². The van der Waals surface area contributed by atoms with Crippen molar-refractivity contribution in [3.05, 3.63) is 46.0 Å². The minimum absolute atomic E-state index is 0.665. The molecule has 0 N–H and O–H groups in total. The molecular formula is C14H16N4. The van der Waals surface area contributed by atoms with Gasteiger partial charge >= 0.3 is 0 Å². The van der Waals surface area contributed by atoms with Gasteiger partial charge in [0.15, 0.2) is 0 Å². The molecule has 0 aliphatic carbocycles. The van der Waals surface area contributed by atoms with E-state index in [0.717, 1.165) is 23.0 Å². The van der Waals surface area contributed by atoms with Crippen LogP contribution in [0.4, 0.5) is 5.69 Å². The zero-order valence-electron chi connectivity index (χ0n) is 10.7. The van der Waals surface area contributed by atoms with Gasteiger partial charge in [0.05, 0.1) is 5.52 Å². The Labute approximate surface area is 106 Å². The predicted octanol–water partition coefficient (Wildman–Crippen LogP) is 4.83. The zero-order valence-corrected chi connectivity index (χ0v) is 10.7. The monoisotopic (exact) mass is 240 g/mol. The molecule has 0 aliphatic heterocycles. The number of aromatic nitrogens is 1. The number of fused-ring (bicyclic) bond motifs is 1. The van der Waals surface area contributed by atoms with Crippen LogP contribution < -0.4 is 0 Å². The van der Waals surface area contributed by atoms with Crippen LogP contribution in [-0.2, 0) is 6.42 Å². The molecule has 0 spiro atoms. The van der Waals surface area contributed by atoms with Crippen molar-refractivity contribution in [3.63, 3.8) is 0 Å². The van der Waals surface area contributed by atoms with Crippen LogP contribution in [0.5, 0.6) is 0 Å². The summed E-state index contributed by atoms with van der Waals surface area (Å²) < 4.78 is 0. The van der Waals surface area contributed by atoms with Gasteiger partial charge in [0.1, 0.15) is 0 Å². The van der Waals surface area contributed by atoms with Gasteiger partial charge in [-0.3, -0.25) is 4.98 Å². The molecule has 1 heterocycles. The molecule has 0 amide bonds. The Kier molecular flexibility index (Phi) is 3.80. The van der Waals surface area contributed by atoms with Gasteiger partial charge in [-0.1, -0.05) is 24.5 Å². The summed E-state index contributed by atoms with van der Waals surface area (Å²) >= 11 is 0. The smallest absolute Gasteiger partial charge is 0.0710 e. The Hall–Kier alpha value is -2.06. The van der Waals surface area contributed by atoms with Gasteiger partial charge in [-0.2, -0.15) is 0 Å². The highest BCUT2D eigenvalue weighted by atomic mass is 15.1. The Morgan fingerprint density at radius 2 is 2.17 bits per heavy atom. The van der Waals surface area contributed by atoms with Gasteiger partial charge in [-0.05, 0) is 49.1 Å². The summed E-state index contributed by atoms with van der Waals surface area (Å²) in [5, 5.41) is 4.69. The Morgan fingerprint density at radius 1 is 1.33 bits per heavy atom. The van der Waals surface area contributed by atoms with Crippen molar-refractivity contribution in [2.75, 3.05) is 0 Å². The van der Waals surface area contributed by atoms with Crippen LogP contribution >= 0.6 is 0 Å². The van der Waals surface area contributed by atoms with Gasteiger partial charge < -0.3 is 0 Å². The summed E-state index contributed by atoms with van der Waals surface area (Å²) in [6.45, 7) is 4.08. The summed E-state index contributed by atoms with van der Waals surface area (Å²) in [5.74, 6) is 0. The van der Waals surface area contributed by atoms with Crippen LogP contribution in [0, 0.1) is 6.92 Å². The standard InChI is InChI=1S/C14H16N4/c1-3-4-5-11-6-7-13-12(9-11)14(17-18-15)8-10(2)16-13/h6-9H,3-5H2,1-2H3. The van der Waals surface area contributed by atoms with Crippen molar-refractivity contribution in [1.82, 2.24) is 4.98 Å². The summed E-state index contributed by atoms with van der Waals surface area (Å²) in [4.78, 5) is 7.34. The Morgan fingerprint density at radius 3 is 2.89 bits per heavy atom. The van der Waals surface area contributed by atoms with Crippen LogP contribution in [0.1, 0.15) is 31.0 Å². The second-order valence-electron chi connectivity index (χ2n) is 4.43. The van der Waals surface area contributed by atoms with E-state index in [2.05, 4.69) is 34.1 Å². The normalized spacial score (nSPS) is 10.3. The summed E-state index contributed by atoms with van der Waals surface area (Å²) in [7, 11) is 0. The number of hydrogen-bond acceptors (Lipinski definition) is 2. The maximum atomic E-state index is 8.62. The van der Waals surface area contributed by atoms with Gasteiger partial charge in [0, 0.05) is 21.7 Å². The second-order valence-corrected chi connectivity index (χ2v) is 4.43. The Bertz CT molecular complexity index is 612. The number of pyridine rings is 1. The molecule has 4 heteroatoms. The van der Waals surface area contributed by atoms with Crippen LogP contribution in [0.2, 0.25) is 0 Å². The van der Waals surface area contributed by atoms with Crippen molar-refractivity contribution in [2.24, 2.45) is 5.11 Å². The SMILES string of the molecule is CCCCc1ccc2nc(C)cc(N=[N+]=[N-])c2c1. The molecule has 18 heavy (non-hydrogen) atoms. The molecular weight excluding hydrogens is 224 g/mol. The van der Waals surface area contributed by atoms with Crippen molar-refractivity contribution >= 4 is 16.6 Å². The minimum Gasteiger partial charge on any atom is -0.253 e. The molecule has 0 saturated heterocycles. The number of aryl methyl sites for hydroxylation is 2. The summed E-state index contributed by atoms with van der Waals surface area (Å²) in [5.41, 5.74) is 12.3. The van der Waals surface area contributed by atoms with Crippen LogP contribution in [0.15, 0.2) is 29.4 Å². The third-order valence-corrected chi connectivity index (χ3v) is 2.95. The largest absolute Gasteiger partial charge is 0.253 e. The lowest BCUT2D eigenvalue weighted by atomic mass is 10.0. The first-order valence-electron chi connectivity index (χ1n) is 6.20. The molecule has 0 saturated carbocycles. The van der Waals surface area contributed by atoms with Gasteiger partial charge in [0.25, 0.3) is 0 Å². The number of hydrogen-bond donors (Lipinski definition) is 0. The number of benzene rings is 1. The lowest BCUT2D eigenvalue weighted by Gasteiger charge is -2.06. The molecule has 0 atom stereocenters. The van der Waals surface area contributed by atoms with E-state index < -0.39 is 0 Å². The first-order chi connectivity index (χ1) is 8.74. The first kappa shape index (κ1) is 12.4. The van der Waals surface area contributed by atoms with Crippen molar-refractivity contribution in [3.8, 4) is 0 Å². The Balaban J connectivity index is 2.55. The molecule has 0 bridgehead atoms. The lowest BCUT2D eigenvalue weighted by Crippen LogP contribution is -1.88. The second kappa shape index (κ2) is 5.52. The number of unbranched alkanes of at least 4 members (excludes halogenated alkanes) is 1. The average Bonchev–Trinajstić information content (AvgIpc) is 2.37. The predicted molar refractivity (Wildman–Crippen MR) is 73.9 cm³/mol. The quantitative estimate of drug-likeness (QED) is 0.429. The van der Waals surface area contributed by atoms with E-state index in [-0.39, 0.29) is 0 Å². The van der Waals surface area contributed by atoms with E-state index in [1.807, 2.05) is 19.1 Å². The van der Waals surface area contributed by atoms with Crippen LogP contribution in [0.25, 0.3) is 21.3 Å². The fraction of sp³-hybridized carbons (Fsp3) is 0.357.